The van der Waals surface area contributed by atoms with Crippen molar-refractivity contribution in [1.82, 2.24) is 34.6 Å². The lowest BCUT2D eigenvalue weighted by Crippen LogP contribution is -2.48. The number of hydrogen-bond acceptors (Lipinski definition) is 11. The molecule has 53 heavy (non-hydrogen) atoms. The van der Waals surface area contributed by atoms with E-state index in [1.807, 2.05) is 37.6 Å². The van der Waals surface area contributed by atoms with Crippen molar-refractivity contribution >= 4 is 68.2 Å². The molecule has 0 unspecified atom stereocenters. The number of likely N-dealkylation sites (tertiary alicyclic amines) is 1. The second kappa shape index (κ2) is 15.6. The standard InChI is InChI=1S/C37H44BrF2N10O2P/c1-48-22-24(20-44-48)26-18-30(32(52-2)19-31(26)50-15-9-25(10-16-50)49-13-7-23(8-14-49)17-33(39)40)46-37-43-21-27(38)36(47-37)45-29-6-5-28-34(42-12-11-41-28)35(29)53(3,4)51/h5-6,11-12,18-23,25,33H,7-10,13-17H2,1-4H3,(H2,43,45,46,47). The van der Waals surface area contributed by atoms with Gasteiger partial charge >= 0.3 is 0 Å². The van der Waals surface area contributed by atoms with E-state index in [1.165, 1.54) is 0 Å². The van der Waals surface area contributed by atoms with E-state index in [9.17, 15) is 13.3 Å². The molecule has 0 radical (unpaired) electrons. The quantitative estimate of drug-likeness (QED) is 0.128. The minimum absolute atomic E-state index is 0.0201. The van der Waals surface area contributed by atoms with Crippen molar-refractivity contribution in [3.05, 3.63) is 59.7 Å². The Morgan fingerprint density at radius 2 is 1.74 bits per heavy atom. The molecule has 2 aromatic carbocycles. The van der Waals surface area contributed by atoms with E-state index in [-0.39, 0.29) is 12.3 Å². The van der Waals surface area contributed by atoms with Crippen LogP contribution in [0.15, 0.2) is 59.7 Å². The number of benzene rings is 2. The first-order chi connectivity index (χ1) is 25.5. The van der Waals surface area contributed by atoms with Crippen molar-refractivity contribution < 1.29 is 18.1 Å². The minimum Gasteiger partial charge on any atom is -0.494 e. The van der Waals surface area contributed by atoms with Crippen molar-refractivity contribution in [3.8, 4) is 16.9 Å². The van der Waals surface area contributed by atoms with Crippen LogP contribution in [0.5, 0.6) is 5.75 Å². The van der Waals surface area contributed by atoms with Crippen LogP contribution < -0.4 is 25.6 Å². The Kier molecular flexibility index (Phi) is 11.0. The highest BCUT2D eigenvalue weighted by Crippen LogP contribution is 2.43. The summed E-state index contributed by atoms with van der Waals surface area (Å²) in [5, 5.41) is 11.8. The van der Waals surface area contributed by atoms with Gasteiger partial charge in [-0.3, -0.25) is 14.6 Å². The van der Waals surface area contributed by atoms with Crippen molar-refractivity contribution in [2.45, 2.75) is 44.6 Å². The number of piperidine rings is 2. The smallest absolute Gasteiger partial charge is 0.238 e. The summed E-state index contributed by atoms with van der Waals surface area (Å²) in [6, 6.07) is 8.24. The number of fused-ring (bicyclic) bond motifs is 1. The molecule has 2 aliphatic rings. The van der Waals surface area contributed by atoms with Crippen LogP contribution in [0.3, 0.4) is 0 Å². The zero-order valence-corrected chi connectivity index (χ0v) is 32.7. The molecule has 7 rings (SSSR count). The highest BCUT2D eigenvalue weighted by molar-refractivity contribution is 9.10. The fraction of sp³-hybridized carbons (Fsp3) is 0.432. The molecule has 5 heterocycles. The Hall–Kier alpha value is -4.20. The molecule has 280 valence electrons. The van der Waals surface area contributed by atoms with Gasteiger partial charge in [0.05, 0.1) is 40.0 Å². The number of nitrogens with zero attached hydrogens (tertiary/aromatic N) is 8. The molecule has 2 saturated heterocycles. The Morgan fingerprint density at radius 3 is 2.42 bits per heavy atom. The molecule has 0 saturated carbocycles. The maximum absolute atomic E-state index is 13.5. The topological polar surface area (TPSA) is 126 Å². The van der Waals surface area contributed by atoms with Gasteiger partial charge in [0, 0.05) is 80.3 Å². The van der Waals surface area contributed by atoms with Gasteiger partial charge in [-0.1, -0.05) is 0 Å². The van der Waals surface area contributed by atoms with Crippen LogP contribution in [-0.2, 0) is 11.6 Å². The summed E-state index contributed by atoms with van der Waals surface area (Å²) in [4.78, 5) is 23.2. The number of aromatic nitrogens is 6. The predicted octanol–water partition coefficient (Wildman–Crippen LogP) is 7.66. The van der Waals surface area contributed by atoms with Gasteiger partial charge in [0.2, 0.25) is 12.4 Å². The molecule has 2 N–H and O–H groups in total. The number of anilines is 5. The molecular formula is C37H44BrF2N10O2P. The molecule has 0 amide bonds. The number of alkyl halides is 2. The summed E-state index contributed by atoms with van der Waals surface area (Å²) in [6.45, 7) is 6.93. The lowest BCUT2D eigenvalue weighted by atomic mass is 9.91. The molecule has 0 bridgehead atoms. The average molecular weight is 810 g/mol. The highest BCUT2D eigenvalue weighted by Gasteiger charge is 2.31. The number of nitrogens with one attached hydrogen (secondary N) is 2. The molecule has 2 fully saturated rings. The Morgan fingerprint density at radius 1 is 0.981 bits per heavy atom. The highest BCUT2D eigenvalue weighted by atomic mass is 79.9. The van der Waals surface area contributed by atoms with Gasteiger partial charge < -0.3 is 29.7 Å². The molecule has 12 nitrogen and oxygen atoms in total. The SMILES string of the molecule is COc1cc(N2CCC(N3CCC(CC(F)F)CC3)CC2)c(-c2cnn(C)c2)cc1Nc1ncc(Br)c(Nc2ccc3nccnc3c2P(C)(C)=O)n1. The number of ether oxygens (including phenoxy) is 1. The Balaban J connectivity index is 1.14. The summed E-state index contributed by atoms with van der Waals surface area (Å²) in [5.74, 6) is 1.56. The van der Waals surface area contributed by atoms with E-state index < -0.39 is 13.6 Å². The zero-order valence-electron chi connectivity index (χ0n) is 30.3. The van der Waals surface area contributed by atoms with Crippen molar-refractivity contribution in [1.29, 1.82) is 0 Å². The first-order valence-electron chi connectivity index (χ1n) is 17.8. The molecule has 5 aromatic rings. The molecule has 0 spiro atoms. The maximum Gasteiger partial charge on any atom is 0.238 e. The lowest BCUT2D eigenvalue weighted by Gasteiger charge is -2.42. The first kappa shape index (κ1) is 37.1. The minimum atomic E-state index is -2.79. The largest absolute Gasteiger partial charge is 0.494 e. The second-order valence-corrected chi connectivity index (χ2v) is 18.2. The predicted molar refractivity (Wildman–Crippen MR) is 210 cm³/mol. The van der Waals surface area contributed by atoms with Gasteiger partial charge in [-0.2, -0.15) is 10.1 Å². The van der Waals surface area contributed by atoms with Crippen LogP contribution in [0, 0.1) is 5.92 Å². The van der Waals surface area contributed by atoms with Crippen molar-refractivity contribution in [2.75, 3.05) is 62.2 Å². The van der Waals surface area contributed by atoms with E-state index in [4.69, 9.17) is 9.72 Å². The average Bonchev–Trinajstić information content (AvgIpc) is 3.58. The summed E-state index contributed by atoms with van der Waals surface area (Å²) < 4.78 is 47.8. The first-order valence-corrected chi connectivity index (χ1v) is 21.2. The summed E-state index contributed by atoms with van der Waals surface area (Å²) in [6.07, 6.45) is 10.2. The van der Waals surface area contributed by atoms with Gasteiger partial charge in [0.15, 0.2) is 0 Å². The Bertz CT molecular complexity index is 2130. The second-order valence-electron chi connectivity index (χ2n) is 14.2. The molecular weight excluding hydrogens is 765 g/mol. The van der Waals surface area contributed by atoms with Gasteiger partial charge in [-0.15, -0.1) is 0 Å². The number of rotatable bonds is 11. The van der Waals surface area contributed by atoms with Gasteiger partial charge in [-0.05, 0) is 92.1 Å². The Labute approximate surface area is 316 Å². The van der Waals surface area contributed by atoms with Crippen molar-refractivity contribution in [2.24, 2.45) is 13.0 Å². The van der Waals surface area contributed by atoms with Gasteiger partial charge in [0.1, 0.15) is 24.2 Å². The fourth-order valence-corrected chi connectivity index (χ4v) is 9.28. The van der Waals surface area contributed by atoms with E-state index in [0.717, 1.165) is 68.7 Å². The van der Waals surface area contributed by atoms with Gasteiger partial charge in [0.25, 0.3) is 0 Å². The van der Waals surface area contributed by atoms with Crippen molar-refractivity contribution in [3.63, 3.8) is 0 Å². The normalized spacial score (nSPS) is 16.4. The molecule has 0 aliphatic carbocycles. The molecule has 16 heteroatoms. The molecule has 3 aromatic heterocycles. The summed E-state index contributed by atoms with van der Waals surface area (Å²) >= 11 is 3.58. The van der Waals surface area contributed by atoms with E-state index in [2.05, 4.69) is 62.5 Å². The summed E-state index contributed by atoms with van der Waals surface area (Å²) in [5.41, 5.74) is 5.55. The van der Waals surface area contributed by atoms with E-state index in [0.29, 0.717) is 55.7 Å². The van der Waals surface area contributed by atoms with Gasteiger partial charge in [-0.25, -0.2) is 13.8 Å². The maximum atomic E-state index is 13.5. The molecule has 0 atom stereocenters. The number of hydrogen-bond donors (Lipinski definition) is 2. The van der Waals surface area contributed by atoms with Crippen LogP contribution in [-0.4, -0.2) is 93.7 Å². The third kappa shape index (κ3) is 8.32. The lowest BCUT2D eigenvalue weighted by molar-refractivity contribution is 0.0686. The number of methoxy groups -OCH3 is 1. The zero-order chi connectivity index (χ0) is 37.3. The van der Waals surface area contributed by atoms with Crippen LogP contribution in [0.1, 0.15) is 32.1 Å². The van der Waals surface area contributed by atoms with Crippen LogP contribution >= 0.6 is 23.1 Å². The van der Waals surface area contributed by atoms with Crippen LogP contribution in [0.25, 0.3) is 22.2 Å². The van der Waals surface area contributed by atoms with E-state index in [1.54, 1.807) is 43.7 Å². The summed E-state index contributed by atoms with van der Waals surface area (Å²) in [7, 11) is 0.753. The van der Waals surface area contributed by atoms with Crippen LogP contribution in [0.2, 0.25) is 0 Å². The third-order valence-electron chi connectivity index (χ3n) is 10.2. The van der Waals surface area contributed by atoms with E-state index >= 15 is 0 Å². The monoisotopic (exact) mass is 808 g/mol. The number of aryl methyl sites for hydroxylation is 1. The fourth-order valence-electron chi connectivity index (χ4n) is 7.60. The molecule has 2 aliphatic heterocycles. The third-order valence-corrected chi connectivity index (χ3v) is 12.3. The van der Waals surface area contributed by atoms with Crippen LogP contribution in [0.4, 0.5) is 37.6 Å². The number of halogens is 3.